The van der Waals surface area contributed by atoms with Gasteiger partial charge < -0.3 is 15.6 Å². The molecule has 0 unspecified atom stereocenters. The summed E-state index contributed by atoms with van der Waals surface area (Å²) in [5.41, 5.74) is 7.13. The average molecular weight is 320 g/mol. The van der Waals surface area contributed by atoms with Gasteiger partial charge in [-0.05, 0) is 49.9 Å². The molecule has 1 aliphatic rings. The molecule has 0 spiro atoms. The van der Waals surface area contributed by atoms with Gasteiger partial charge in [0.2, 0.25) is 0 Å². The molecule has 0 aliphatic heterocycles. The summed E-state index contributed by atoms with van der Waals surface area (Å²) in [5, 5.41) is 10.6. The largest absolute Gasteiger partial charge is 0.508 e. The molecule has 5 N–H and O–H groups in total. The van der Waals surface area contributed by atoms with Crippen LogP contribution < -0.4 is 11.6 Å². The van der Waals surface area contributed by atoms with Gasteiger partial charge in [-0.1, -0.05) is 0 Å². The molecule has 2 rings (SSSR count). The highest BCUT2D eigenvalue weighted by atomic mass is 16.6. The molecule has 1 aliphatic carbocycles. The lowest BCUT2D eigenvalue weighted by molar-refractivity contribution is 0.0726. The van der Waals surface area contributed by atoms with Crippen molar-refractivity contribution in [3.63, 3.8) is 0 Å². The van der Waals surface area contributed by atoms with E-state index in [9.17, 15) is 9.90 Å². The average Bonchev–Trinajstić information content (AvgIpc) is 3.00. The summed E-state index contributed by atoms with van der Waals surface area (Å²) < 4.78 is 5.48. The van der Waals surface area contributed by atoms with Crippen molar-refractivity contribution >= 4 is 11.8 Å². The first-order chi connectivity index (χ1) is 10.9. The molecule has 0 heterocycles. The zero-order valence-electron chi connectivity index (χ0n) is 13.5. The highest BCUT2D eigenvalue weighted by molar-refractivity contribution is 5.75. The lowest BCUT2D eigenvalue weighted by Gasteiger charge is -2.28. The smallest absolute Gasteiger partial charge is 0.415 e. The zero-order chi connectivity index (χ0) is 17.0. The second kappa shape index (κ2) is 7.23. The van der Waals surface area contributed by atoms with Crippen LogP contribution in [0.15, 0.2) is 30.1 Å². The van der Waals surface area contributed by atoms with Crippen LogP contribution in [0.2, 0.25) is 0 Å². The standard InChI is InChI=1S/C16H24N4O3/c1-19(16(22)23-13-5-3-4-6-13)15(20(2)18)14(17)11-7-9-12(21)10-8-11/h7-10,13,21H,3-6,17-18H2,1-2H3/b15-14-. The quantitative estimate of drug-likeness (QED) is 0.577. The van der Waals surface area contributed by atoms with E-state index in [0.717, 1.165) is 25.7 Å². The Morgan fingerprint density at radius 2 is 1.78 bits per heavy atom. The molecule has 126 valence electrons. The fraction of sp³-hybridized carbons (Fsp3) is 0.438. The number of aromatic hydroxyl groups is 1. The number of nitrogens with zero attached hydrogens (tertiary/aromatic N) is 2. The minimum Gasteiger partial charge on any atom is -0.508 e. The second-order valence-corrected chi connectivity index (χ2v) is 5.74. The van der Waals surface area contributed by atoms with E-state index in [-0.39, 0.29) is 11.9 Å². The predicted octanol–water partition coefficient (Wildman–Crippen LogP) is 1.79. The Morgan fingerprint density at radius 1 is 1.22 bits per heavy atom. The van der Waals surface area contributed by atoms with Crippen LogP contribution in [0.3, 0.4) is 0 Å². The van der Waals surface area contributed by atoms with Gasteiger partial charge in [0, 0.05) is 19.7 Å². The summed E-state index contributed by atoms with van der Waals surface area (Å²) in [7, 11) is 3.17. The molecule has 1 saturated carbocycles. The molecule has 0 atom stereocenters. The van der Waals surface area contributed by atoms with Crippen LogP contribution in [0, 0.1) is 0 Å². The summed E-state index contributed by atoms with van der Waals surface area (Å²) in [6.45, 7) is 0. The lowest BCUT2D eigenvalue weighted by atomic mass is 10.1. The predicted molar refractivity (Wildman–Crippen MR) is 87.7 cm³/mol. The van der Waals surface area contributed by atoms with Gasteiger partial charge >= 0.3 is 6.09 Å². The van der Waals surface area contributed by atoms with E-state index in [0.29, 0.717) is 17.1 Å². The third-order valence-electron chi connectivity index (χ3n) is 3.91. The van der Waals surface area contributed by atoms with E-state index in [4.69, 9.17) is 16.3 Å². The first-order valence-corrected chi connectivity index (χ1v) is 7.62. The Morgan fingerprint density at radius 3 is 2.30 bits per heavy atom. The van der Waals surface area contributed by atoms with Crippen LogP contribution in [0.4, 0.5) is 4.79 Å². The lowest BCUT2D eigenvalue weighted by Crippen LogP contribution is -2.41. The second-order valence-electron chi connectivity index (χ2n) is 5.74. The number of rotatable bonds is 4. The maximum Gasteiger partial charge on any atom is 0.415 e. The molecule has 7 nitrogen and oxygen atoms in total. The molecule has 0 radical (unpaired) electrons. The molecule has 1 aromatic carbocycles. The normalized spacial score (nSPS) is 16.0. The van der Waals surface area contributed by atoms with Crippen molar-refractivity contribution in [1.82, 2.24) is 9.91 Å². The molecular weight excluding hydrogens is 296 g/mol. The number of hydrogen-bond acceptors (Lipinski definition) is 6. The summed E-state index contributed by atoms with van der Waals surface area (Å²) in [6, 6.07) is 6.36. The topological polar surface area (TPSA) is 105 Å². The van der Waals surface area contributed by atoms with Gasteiger partial charge in [-0.3, -0.25) is 9.91 Å². The Labute approximate surface area is 136 Å². The monoisotopic (exact) mass is 320 g/mol. The van der Waals surface area contributed by atoms with Crippen molar-refractivity contribution < 1.29 is 14.6 Å². The van der Waals surface area contributed by atoms with Gasteiger partial charge in [-0.2, -0.15) is 0 Å². The fourth-order valence-electron chi connectivity index (χ4n) is 2.69. The van der Waals surface area contributed by atoms with Crippen LogP contribution in [-0.2, 0) is 4.74 Å². The van der Waals surface area contributed by atoms with Crippen molar-refractivity contribution in [3.05, 3.63) is 35.6 Å². The number of carbonyl (C=O) groups excluding carboxylic acids is 1. The van der Waals surface area contributed by atoms with Crippen LogP contribution in [0.5, 0.6) is 5.75 Å². The first kappa shape index (κ1) is 17.0. The van der Waals surface area contributed by atoms with Gasteiger partial charge in [-0.15, -0.1) is 0 Å². The number of hydrazine groups is 1. The molecule has 1 aromatic rings. The number of phenols is 1. The minimum atomic E-state index is -0.481. The van der Waals surface area contributed by atoms with E-state index in [1.165, 1.54) is 22.0 Å². The van der Waals surface area contributed by atoms with E-state index in [1.807, 2.05) is 0 Å². The third-order valence-corrected chi connectivity index (χ3v) is 3.91. The molecule has 0 saturated heterocycles. The third kappa shape index (κ3) is 4.07. The molecule has 7 heteroatoms. The highest BCUT2D eigenvalue weighted by Crippen LogP contribution is 2.24. The summed E-state index contributed by atoms with van der Waals surface area (Å²) in [4.78, 5) is 13.6. The molecule has 0 aromatic heterocycles. The van der Waals surface area contributed by atoms with Crippen LogP contribution >= 0.6 is 0 Å². The van der Waals surface area contributed by atoms with Gasteiger partial charge in [-0.25, -0.2) is 10.6 Å². The van der Waals surface area contributed by atoms with E-state index >= 15 is 0 Å². The fourth-order valence-corrected chi connectivity index (χ4v) is 2.69. The number of phenolic OH excluding ortho intramolecular Hbond substituents is 1. The Balaban J connectivity index is 2.23. The number of nitrogens with two attached hydrogens (primary N) is 2. The number of hydrogen-bond donors (Lipinski definition) is 3. The number of benzene rings is 1. The molecule has 1 amide bonds. The summed E-state index contributed by atoms with van der Waals surface area (Å²) >= 11 is 0. The Hall–Kier alpha value is -2.41. The maximum absolute atomic E-state index is 12.3. The summed E-state index contributed by atoms with van der Waals surface area (Å²) in [5.74, 6) is 6.32. The highest BCUT2D eigenvalue weighted by Gasteiger charge is 2.25. The van der Waals surface area contributed by atoms with Crippen molar-refractivity contribution in [2.75, 3.05) is 14.1 Å². The van der Waals surface area contributed by atoms with Crippen molar-refractivity contribution in [2.24, 2.45) is 11.6 Å². The van der Waals surface area contributed by atoms with E-state index in [1.54, 1.807) is 26.2 Å². The van der Waals surface area contributed by atoms with Crippen LogP contribution in [-0.4, -0.2) is 41.3 Å². The Bertz CT molecular complexity index is 577. The van der Waals surface area contributed by atoms with Gasteiger partial charge in [0.05, 0.1) is 5.70 Å². The summed E-state index contributed by atoms with van der Waals surface area (Å²) in [6.07, 6.45) is 3.43. The van der Waals surface area contributed by atoms with E-state index < -0.39 is 6.09 Å². The maximum atomic E-state index is 12.3. The minimum absolute atomic E-state index is 0.0378. The van der Waals surface area contributed by atoms with Gasteiger partial charge in [0.1, 0.15) is 11.9 Å². The van der Waals surface area contributed by atoms with Gasteiger partial charge in [0.25, 0.3) is 0 Å². The van der Waals surface area contributed by atoms with Crippen molar-refractivity contribution in [3.8, 4) is 5.75 Å². The molecule has 1 fully saturated rings. The van der Waals surface area contributed by atoms with Crippen molar-refractivity contribution in [1.29, 1.82) is 0 Å². The van der Waals surface area contributed by atoms with Crippen LogP contribution in [0.1, 0.15) is 31.2 Å². The molecule has 0 bridgehead atoms. The number of amides is 1. The number of carbonyl (C=O) groups is 1. The molecular formula is C16H24N4O3. The first-order valence-electron chi connectivity index (χ1n) is 7.62. The van der Waals surface area contributed by atoms with Crippen LogP contribution in [0.25, 0.3) is 5.70 Å². The Kier molecular flexibility index (Phi) is 5.33. The molecule has 23 heavy (non-hydrogen) atoms. The zero-order valence-corrected chi connectivity index (χ0v) is 13.5. The van der Waals surface area contributed by atoms with Crippen molar-refractivity contribution in [2.45, 2.75) is 31.8 Å². The van der Waals surface area contributed by atoms with Gasteiger partial charge in [0.15, 0.2) is 5.82 Å². The SMILES string of the molecule is CN(N)/C(=C(\N)c1ccc(O)cc1)N(C)C(=O)OC1CCCC1. The number of ether oxygens (including phenoxy) is 1. The van der Waals surface area contributed by atoms with E-state index in [2.05, 4.69) is 0 Å².